The van der Waals surface area contributed by atoms with Gasteiger partial charge in [0.2, 0.25) is 0 Å². The number of hydrogen-bond donors (Lipinski definition) is 2. The van der Waals surface area contributed by atoms with Gasteiger partial charge in [-0.15, -0.1) is 0 Å². The van der Waals surface area contributed by atoms with Gasteiger partial charge < -0.3 is 11.1 Å². The minimum absolute atomic E-state index is 0.0431. The Labute approximate surface area is 95.3 Å². The lowest BCUT2D eigenvalue weighted by molar-refractivity contribution is 0.0928. The topological polar surface area (TPSA) is 68.0 Å². The van der Waals surface area contributed by atoms with Crippen molar-refractivity contribution in [1.82, 2.24) is 10.3 Å². The van der Waals surface area contributed by atoms with Gasteiger partial charge in [0.1, 0.15) is 0 Å². The van der Waals surface area contributed by atoms with Crippen molar-refractivity contribution < 1.29 is 4.79 Å². The van der Waals surface area contributed by atoms with Gasteiger partial charge in [0.15, 0.2) is 0 Å². The summed E-state index contributed by atoms with van der Waals surface area (Å²) in [6, 6.07) is 3.77. The molecule has 3 N–H and O–H groups in total. The first-order valence-corrected chi connectivity index (χ1v) is 5.72. The fourth-order valence-corrected chi connectivity index (χ4v) is 2.26. The van der Waals surface area contributed by atoms with E-state index in [1.165, 1.54) is 0 Å². The van der Waals surface area contributed by atoms with Gasteiger partial charge in [0, 0.05) is 18.4 Å². The molecule has 1 aromatic heterocycles. The van der Waals surface area contributed by atoms with Gasteiger partial charge in [0.05, 0.1) is 5.56 Å². The Hall–Kier alpha value is -1.42. The van der Waals surface area contributed by atoms with Gasteiger partial charge in [0.25, 0.3) is 5.91 Å². The molecule has 1 saturated carbocycles. The number of aromatic nitrogens is 1. The largest absolute Gasteiger partial charge is 0.349 e. The lowest BCUT2D eigenvalue weighted by Gasteiger charge is -2.19. The first-order valence-electron chi connectivity index (χ1n) is 5.72. The monoisotopic (exact) mass is 219 g/mol. The fourth-order valence-electron chi connectivity index (χ4n) is 2.26. The summed E-state index contributed by atoms with van der Waals surface area (Å²) in [7, 11) is 0. The van der Waals surface area contributed by atoms with E-state index >= 15 is 0 Å². The van der Waals surface area contributed by atoms with Gasteiger partial charge >= 0.3 is 0 Å². The number of rotatable bonds is 3. The molecule has 0 spiro atoms. The highest BCUT2D eigenvalue weighted by atomic mass is 16.1. The predicted molar refractivity (Wildman–Crippen MR) is 61.9 cm³/mol. The van der Waals surface area contributed by atoms with Crippen LogP contribution in [0.3, 0.4) is 0 Å². The molecular weight excluding hydrogens is 202 g/mol. The van der Waals surface area contributed by atoms with Gasteiger partial charge in [-0.3, -0.25) is 9.78 Å². The molecule has 2 rings (SSSR count). The first kappa shape index (κ1) is 11.1. The molecule has 1 fully saturated rings. The second-order valence-electron chi connectivity index (χ2n) is 4.25. The molecule has 0 aliphatic heterocycles. The number of nitrogens with zero attached hydrogens (tertiary/aromatic N) is 1. The Kier molecular flexibility index (Phi) is 3.51. The summed E-state index contributed by atoms with van der Waals surface area (Å²) in [6.45, 7) is 0.651. The number of carbonyl (C=O) groups excluding carboxylic acids is 1. The molecule has 0 bridgehead atoms. The maximum atomic E-state index is 11.9. The maximum absolute atomic E-state index is 11.9. The summed E-state index contributed by atoms with van der Waals surface area (Å²) in [4.78, 5) is 15.8. The van der Waals surface area contributed by atoms with Gasteiger partial charge in [-0.25, -0.2) is 0 Å². The Morgan fingerprint density at radius 3 is 3.12 bits per heavy atom. The van der Waals surface area contributed by atoms with Crippen molar-refractivity contribution in [3.8, 4) is 0 Å². The number of amides is 1. The quantitative estimate of drug-likeness (QED) is 0.795. The van der Waals surface area contributed by atoms with E-state index < -0.39 is 0 Å². The molecule has 0 saturated heterocycles. The Morgan fingerprint density at radius 1 is 1.56 bits per heavy atom. The zero-order valence-corrected chi connectivity index (χ0v) is 9.23. The van der Waals surface area contributed by atoms with Crippen LogP contribution in [0.4, 0.5) is 0 Å². The second-order valence-corrected chi connectivity index (χ2v) is 4.25. The number of nitrogens with two attached hydrogens (primary N) is 1. The lowest BCUT2D eigenvalue weighted by Crippen LogP contribution is -2.39. The third kappa shape index (κ3) is 2.39. The third-order valence-electron chi connectivity index (χ3n) is 3.20. The molecule has 4 heteroatoms. The summed E-state index contributed by atoms with van der Waals surface area (Å²) in [6.07, 6.45) is 6.55. The third-order valence-corrected chi connectivity index (χ3v) is 3.20. The van der Waals surface area contributed by atoms with Crippen molar-refractivity contribution >= 4 is 5.91 Å². The van der Waals surface area contributed by atoms with E-state index in [-0.39, 0.29) is 11.9 Å². The van der Waals surface area contributed by atoms with Crippen molar-refractivity contribution in [1.29, 1.82) is 0 Å². The summed E-state index contributed by atoms with van der Waals surface area (Å²) in [5, 5.41) is 3.04. The van der Waals surface area contributed by atoms with E-state index in [0.717, 1.165) is 19.3 Å². The molecule has 1 amide bonds. The Morgan fingerprint density at radius 2 is 2.44 bits per heavy atom. The maximum Gasteiger partial charge on any atom is 0.253 e. The number of carbonyl (C=O) groups is 1. The van der Waals surface area contributed by atoms with E-state index in [0.29, 0.717) is 18.0 Å². The van der Waals surface area contributed by atoms with Crippen molar-refractivity contribution in [2.45, 2.75) is 25.3 Å². The summed E-state index contributed by atoms with van der Waals surface area (Å²) >= 11 is 0. The molecule has 86 valence electrons. The van der Waals surface area contributed by atoms with Crippen LogP contribution < -0.4 is 11.1 Å². The number of pyridine rings is 1. The number of nitrogens with one attached hydrogen (secondary N) is 1. The minimum atomic E-state index is -0.0431. The van der Waals surface area contributed by atoms with Crippen LogP contribution in [0, 0.1) is 5.92 Å². The molecule has 16 heavy (non-hydrogen) atoms. The van der Waals surface area contributed by atoms with E-state index in [1.54, 1.807) is 24.5 Å². The minimum Gasteiger partial charge on any atom is -0.349 e. The highest BCUT2D eigenvalue weighted by molar-refractivity contribution is 5.94. The van der Waals surface area contributed by atoms with Gasteiger partial charge in [-0.1, -0.05) is 6.42 Å². The molecule has 0 aromatic carbocycles. The van der Waals surface area contributed by atoms with Crippen LogP contribution >= 0.6 is 0 Å². The molecule has 1 heterocycles. The zero-order valence-electron chi connectivity index (χ0n) is 9.23. The molecule has 0 radical (unpaired) electrons. The lowest BCUT2D eigenvalue weighted by atomic mass is 10.0. The summed E-state index contributed by atoms with van der Waals surface area (Å²) < 4.78 is 0. The van der Waals surface area contributed by atoms with Crippen LogP contribution in [0.15, 0.2) is 24.5 Å². The van der Waals surface area contributed by atoms with Gasteiger partial charge in [-0.05, 0) is 37.4 Å². The normalized spacial score (nSPS) is 24.3. The van der Waals surface area contributed by atoms with Crippen LogP contribution in [0.25, 0.3) is 0 Å². The molecule has 2 unspecified atom stereocenters. The fraction of sp³-hybridized carbons (Fsp3) is 0.500. The number of hydrogen-bond acceptors (Lipinski definition) is 3. The highest BCUT2D eigenvalue weighted by Crippen LogP contribution is 2.24. The molecule has 4 nitrogen and oxygen atoms in total. The van der Waals surface area contributed by atoms with Crippen molar-refractivity contribution in [2.75, 3.05) is 6.54 Å². The summed E-state index contributed by atoms with van der Waals surface area (Å²) in [5.41, 5.74) is 6.29. The van der Waals surface area contributed by atoms with E-state index in [2.05, 4.69) is 10.3 Å². The molecule has 1 aromatic rings. The van der Waals surface area contributed by atoms with Crippen LogP contribution in [-0.4, -0.2) is 23.5 Å². The average Bonchev–Trinajstić information content (AvgIpc) is 2.77. The Bertz CT molecular complexity index is 353. The van der Waals surface area contributed by atoms with E-state index in [1.807, 2.05) is 0 Å². The van der Waals surface area contributed by atoms with Crippen LogP contribution in [0.1, 0.15) is 29.6 Å². The zero-order chi connectivity index (χ0) is 11.4. The molecule has 2 atom stereocenters. The molecule has 1 aliphatic rings. The van der Waals surface area contributed by atoms with Crippen molar-refractivity contribution in [2.24, 2.45) is 11.7 Å². The standard InChI is InChI=1S/C12H17N3O/c13-7-9-3-1-5-11(9)15-12(16)10-4-2-6-14-8-10/h2,4,6,8-9,11H,1,3,5,7,13H2,(H,15,16). The van der Waals surface area contributed by atoms with Crippen molar-refractivity contribution in [3.05, 3.63) is 30.1 Å². The molecule has 1 aliphatic carbocycles. The first-order chi connectivity index (χ1) is 7.81. The second kappa shape index (κ2) is 5.07. The molecular formula is C12H17N3O. The predicted octanol–water partition coefficient (Wildman–Crippen LogP) is 0.939. The smallest absolute Gasteiger partial charge is 0.253 e. The van der Waals surface area contributed by atoms with Crippen LogP contribution in [0.5, 0.6) is 0 Å². The van der Waals surface area contributed by atoms with E-state index in [4.69, 9.17) is 5.73 Å². The Balaban J connectivity index is 1.97. The van der Waals surface area contributed by atoms with Crippen LogP contribution in [0.2, 0.25) is 0 Å². The van der Waals surface area contributed by atoms with Crippen molar-refractivity contribution in [3.63, 3.8) is 0 Å². The highest BCUT2D eigenvalue weighted by Gasteiger charge is 2.27. The average molecular weight is 219 g/mol. The van der Waals surface area contributed by atoms with Gasteiger partial charge in [-0.2, -0.15) is 0 Å². The van der Waals surface area contributed by atoms with E-state index in [9.17, 15) is 4.79 Å². The SMILES string of the molecule is NCC1CCCC1NC(=O)c1cccnc1. The summed E-state index contributed by atoms with van der Waals surface area (Å²) in [5.74, 6) is 0.388. The van der Waals surface area contributed by atoms with Crippen LogP contribution in [-0.2, 0) is 0 Å².